The van der Waals surface area contributed by atoms with Crippen LogP contribution in [0.4, 0.5) is 5.82 Å². The van der Waals surface area contributed by atoms with E-state index < -0.39 is 0 Å². The van der Waals surface area contributed by atoms with Crippen molar-refractivity contribution in [3.8, 4) is 22.8 Å². The van der Waals surface area contributed by atoms with E-state index in [0.29, 0.717) is 17.3 Å². The van der Waals surface area contributed by atoms with Gasteiger partial charge < -0.3 is 15.2 Å². The normalized spacial score (nSPS) is 10.1. The van der Waals surface area contributed by atoms with Crippen molar-refractivity contribution < 1.29 is 9.47 Å². The Morgan fingerprint density at radius 2 is 1.81 bits per heavy atom. The summed E-state index contributed by atoms with van der Waals surface area (Å²) in [4.78, 5) is 0. The molecule has 84 valence electrons. The molecule has 5 nitrogen and oxygen atoms in total. The van der Waals surface area contributed by atoms with E-state index in [1.807, 2.05) is 18.2 Å². The topological polar surface area (TPSA) is 73.2 Å². The van der Waals surface area contributed by atoms with Crippen molar-refractivity contribution >= 4 is 5.82 Å². The maximum Gasteiger partial charge on any atom is 0.145 e. The van der Waals surface area contributed by atoms with E-state index in [1.165, 1.54) is 0 Å². The van der Waals surface area contributed by atoms with Gasteiger partial charge in [0.05, 0.1) is 25.5 Å². The lowest BCUT2D eigenvalue weighted by Crippen LogP contribution is -1.92. The van der Waals surface area contributed by atoms with E-state index in [1.54, 1.807) is 20.3 Å². The van der Waals surface area contributed by atoms with Crippen molar-refractivity contribution in [1.29, 1.82) is 0 Å². The summed E-state index contributed by atoms with van der Waals surface area (Å²) in [5.41, 5.74) is 7.16. The number of H-pyrrole nitrogens is 1. The van der Waals surface area contributed by atoms with E-state index in [-0.39, 0.29) is 0 Å². The number of benzene rings is 1. The summed E-state index contributed by atoms with van der Waals surface area (Å²) in [6.07, 6.45) is 0. The molecule has 16 heavy (non-hydrogen) atoms. The first-order valence-corrected chi connectivity index (χ1v) is 4.78. The van der Waals surface area contributed by atoms with Crippen molar-refractivity contribution in [2.24, 2.45) is 0 Å². The first kappa shape index (κ1) is 10.4. The zero-order chi connectivity index (χ0) is 11.5. The SMILES string of the molecule is COc1cccc(OC)c1-c1cc(N)n[nH]1. The standard InChI is InChI=1S/C11H13N3O2/c1-15-8-4-3-5-9(16-2)11(8)7-6-10(12)14-13-7/h3-6H,1-2H3,(H3,12,13,14). The van der Waals surface area contributed by atoms with Crippen molar-refractivity contribution in [3.05, 3.63) is 24.3 Å². The van der Waals surface area contributed by atoms with Crippen molar-refractivity contribution in [3.63, 3.8) is 0 Å². The molecule has 1 aromatic carbocycles. The van der Waals surface area contributed by atoms with Crippen LogP contribution in [0.5, 0.6) is 11.5 Å². The Bertz CT molecular complexity index is 471. The molecule has 0 saturated heterocycles. The number of hydrogen-bond acceptors (Lipinski definition) is 4. The molecule has 2 rings (SSSR count). The maximum atomic E-state index is 5.58. The lowest BCUT2D eigenvalue weighted by molar-refractivity contribution is 0.397. The average molecular weight is 219 g/mol. The smallest absolute Gasteiger partial charge is 0.145 e. The van der Waals surface area contributed by atoms with Gasteiger partial charge in [0, 0.05) is 6.07 Å². The van der Waals surface area contributed by atoms with E-state index in [2.05, 4.69) is 10.2 Å². The third kappa shape index (κ3) is 1.67. The maximum absolute atomic E-state index is 5.58. The van der Waals surface area contributed by atoms with Gasteiger partial charge in [0.15, 0.2) is 0 Å². The van der Waals surface area contributed by atoms with Crippen molar-refractivity contribution in [2.45, 2.75) is 0 Å². The summed E-state index contributed by atoms with van der Waals surface area (Å²) in [7, 11) is 3.22. The second-order valence-electron chi connectivity index (χ2n) is 3.24. The first-order valence-electron chi connectivity index (χ1n) is 4.78. The van der Waals surface area contributed by atoms with Crippen LogP contribution in [0.1, 0.15) is 0 Å². The minimum absolute atomic E-state index is 0.433. The quantitative estimate of drug-likeness (QED) is 0.823. The molecule has 0 bridgehead atoms. The molecule has 0 aliphatic carbocycles. The Balaban J connectivity index is 2.60. The molecule has 0 atom stereocenters. The van der Waals surface area contributed by atoms with Crippen LogP contribution in [-0.2, 0) is 0 Å². The second-order valence-corrected chi connectivity index (χ2v) is 3.24. The zero-order valence-electron chi connectivity index (χ0n) is 9.15. The molecule has 0 radical (unpaired) electrons. The number of anilines is 1. The fourth-order valence-electron chi connectivity index (χ4n) is 1.58. The summed E-state index contributed by atoms with van der Waals surface area (Å²) < 4.78 is 10.6. The molecular weight excluding hydrogens is 206 g/mol. The fraction of sp³-hybridized carbons (Fsp3) is 0.182. The Labute approximate surface area is 93.2 Å². The van der Waals surface area contributed by atoms with Gasteiger partial charge in [0.1, 0.15) is 17.3 Å². The summed E-state index contributed by atoms with van der Waals surface area (Å²) >= 11 is 0. The molecule has 1 aromatic heterocycles. The zero-order valence-corrected chi connectivity index (χ0v) is 9.15. The summed E-state index contributed by atoms with van der Waals surface area (Å²) in [6.45, 7) is 0. The van der Waals surface area contributed by atoms with Gasteiger partial charge in [0.25, 0.3) is 0 Å². The van der Waals surface area contributed by atoms with Crippen LogP contribution in [0.2, 0.25) is 0 Å². The van der Waals surface area contributed by atoms with Gasteiger partial charge in [-0.05, 0) is 12.1 Å². The Morgan fingerprint density at radius 3 is 2.25 bits per heavy atom. The molecule has 5 heteroatoms. The van der Waals surface area contributed by atoms with E-state index in [9.17, 15) is 0 Å². The molecule has 0 unspecified atom stereocenters. The van der Waals surface area contributed by atoms with E-state index in [4.69, 9.17) is 15.2 Å². The highest BCUT2D eigenvalue weighted by Crippen LogP contribution is 2.37. The highest BCUT2D eigenvalue weighted by atomic mass is 16.5. The number of aromatic amines is 1. The number of hydrogen-bond donors (Lipinski definition) is 2. The summed E-state index contributed by atoms with van der Waals surface area (Å²) in [5.74, 6) is 1.86. The van der Waals surface area contributed by atoms with Gasteiger partial charge in [-0.2, -0.15) is 5.10 Å². The third-order valence-electron chi connectivity index (χ3n) is 2.29. The predicted molar refractivity (Wildman–Crippen MR) is 61.5 cm³/mol. The number of nitrogens with zero attached hydrogens (tertiary/aromatic N) is 1. The van der Waals surface area contributed by atoms with Crippen LogP contribution in [0.15, 0.2) is 24.3 Å². The molecule has 2 aromatic rings. The van der Waals surface area contributed by atoms with Crippen LogP contribution >= 0.6 is 0 Å². The molecular formula is C11H13N3O2. The number of ether oxygens (including phenoxy) is 2. The average Bonchev–Trinajstić information content (AvgIpc) is 2.74. The van der Waals surface area contributed by atoms with Gasteiger partial charge in [-0.1, -0.05) is 6.07 Å². The predicted octanol–water partition coefficient (Wildman–Crippen LogP) is 1.68. The van der Waals surface area contributed by atoms with Crippen LogP contribution in [0, 0.1) is 0 Å². The number of nitrogens with two attached hydrogens (primary N) is 1. The van der Waals surface area contributed by atoms with E-state index >= 15 is 0 Å². The number of methoxy groups -OCH3 is 2. The highest BCUT2D eigenvalue weighted by molar-refractivity contribution is 5.75. The van der Waals surface area contributed by atoms with Gasteiger partial charge in [-0.3, -0.25) is 5.10 Å². The Kier molecular flexibility index (Phi) is 2.68. The summed E-state index contributed by atoms with van der Waals surface area (Å²) in [6, 6.07) is 7.31. The summed E-state index contributed by atoms with van der Waals surface area (Å²) in [5, 5.41) is 6.72. The van der Waals surface area contributed by atoms with Crippen molar-refractivity contribution in [2.75, 3.05) is 20.0 Å². The first-order chi connectivity index (χ1) is 7.76. The van der Waals surface area contributed by atoms with Gasteiger partial charge in [-0.15, -0.1) is 0 Å². The molecule has 0 aliphatic rings. The number of rotatable bonds is 3. The Morgan fingerprint density at radius 1 is 1.19 bits per heavy atom. The lowest BCUT2D eigenvalue weighted by Gasteiger charge is -2.10. The van der Waals surface area contributed by atoms with Crippen LogP contribution < -0.4 is 15.2 Å². The molecule has 0 spiro atoms. The molecule has 1 heterocycles. The molecule has 3 N–H and O–H groups in total. The number of nitrogen functional groups attached to an aromatic ring is 1. The highest BCUT2D eigenvalue weighted by Gasteiger charge is 2.13. The minimum Gasteiger partial charge on any atom is -0.496 e. The van der Waals surface area contributed by atoms with Crippen LogP contribution in [-0.4, -0.2) is 24.4 Å². The fourth-order valence-corrected chi connectivity index (χ4v) is 1.58. The molecule has 0 fully saturated rings. The molecule has 0 aliphatic heterocycles. The van der Waals surface area contributed by atoms with Crippen LogP contribution in [0.25, 0.3) is 11.3 Å². The molecule has 0 amide bonds. The number of nitrogens with one attached hydrogen (secondary N) is 1. The van der Waals surface area contributed by atoms with Crippen LogP contribution in [0.3, 0.4) is 0 Å². The van der Waals surface area contributed by atoms with Crippen molar-refractivity contribution in [1.82, 2.24) is 10.2 Å². The largest absolute Gasteiger partial charge is 0.496 e. The monoisotopic (exact) mass is 219 g/mol. The van der Waals surface area contributed by atoms with Gasteiger partial charge in [0.2, 0.25) is 0 Å². The van der Waals surface area contributed by atoms with E-state index in [0.717, 1.165) is 11.3 Å². The Hall–Kier alpha value is -2.17. The molecule has 0 saturated carbocycles. The van der Waals surface area contributed by atoms with Gasteiger partial charge >= 0.3 is 0 Å². The number of aromatic nitrogens is 2. The third-order valence-corrected chi connectivity index (χ3v) is 2.29. The minimum atomic E-state index is 0.433. The second kappa shape index (κ2) is 4.14. The van der Waals surface area contributed by atoms with Gasteiger partial charge in [-0.25, -0.2) is 0 Å². The lowest BCUT2D eigenvalue weighted by atomic mass is 10.1.